The van der Waals surface area contributed by atoms with Crippen LogP contribution in [0.25, 0.3) is 6.08 Å². The minimum atomic E-state index is -3.78. The molecule has 3 rings (SSSR count). The molecule has 1 aliphatic rings. The third-order valence-corrected chi connectivity index (χ3v) is 7.90. The molecule has 1 heterocycles. The summed E-state index contributed by atoms with van der Waals surface area (Å²) < 4.78 is 34.7. The Balaban J connectivity index is 1.90. The number of amidine groups is 1. The Morgan fingerprint density at radius 3 is 2.37 bits per heavy atom. The maximum absolute atomic E-state index is 12.4. The van der Waals surface area contributed by atoms with Gasteiger partial charge < -0.3 is 14.8 Å². The van der Waals surface area contributed by atoms with E-state index in [4.69, 9.17) is 14.6 Å². The highest BCUT2D eigenvalue weighted by Gasteiger charge is 2.25. The van der Waals surface area contributed by atoms with Crippen LogP contribution in [0.3, 0.4) is 0 Å². The summed E-state index contributed by atoms with van der Waals surface area (Å²) in [6.45, 7) is 0. The van der Waals surface area contributed by atoms with E-state index >= 15 is 0 Å². The molecular formula is C18H15Br2N3O5S2. The molecule has 0 atom stereocenters. The normalized spacial score (nSPS) is 16.8. The van der Waals surface area contributed by atoms with Crippen LogP contribution >= 0.6 is 43.6 Å². The molecule has 2 aromatic rings. The van der Waals surface area contributed by atoms with Crippen molar-refractivity contribution in [3.05, 3.63) is 49.7 Å². The van der Waals surface area contributed by atoms with Crippen LogP contribution in [0.2, 0.25) is 0 Å². The number of carbonyl (C=O) groups is 1. The third-order valence-electron chi connectivity index (χ3n) is 3.91. The van der Waals surface area contributed by atoms with Crippen LogP contribution in [0.1, 0.15) is 5.56 Å². The van der Waals surface area contributed by atoms with Crippen molar-refractivity contribution in [3.63, 3.8) is 0 Å². The second-order valence-electron chi connectivity index (χ2n) is 5.85. The Morgan fingerprint density at radius 1 is 1.13 bits per heavy atom. The number of rotatable bonds is 5. The molecule has 0 bridgehead atoms. The van der Waals surface area contributed by atoms with Crippen LogP contribution in [0.15, 0.2) is 54.1 Å². The minimum Gasteiger partial charge on any atom is -0.493 e. The van der Waals surface area contributed by atoms with Crippen LogP contribution < -0.4 is 19.9 Å². The molecular weight excluding hydrogens is 562 g/mol. The van der Waals surface area contributed by atoms with Gasteiger partial charge in [0.1, 0.15) is 0 Å². The number of amides is 1. The average Bonchev–Trinajstić information content (AvgIpc) is 3.03. The lowest BCUT2D eigenvalue weighted by molar-refractivity contribution is -0.115. The molecule has 3 N–H and O–H groups in total. The van der Waals surface area contributed by atoms with Crippen molar-refractivity contribution in [2.45, 2.75) is 4.90 Å². The molecule has 0 spiro atoms. The summed E-state index contributed by atoms with van der Waals surface area (Å²) in [6.07, 6.45) is 1.70. The van der Waals surface area contributed by atoms with Gasteiger partial charge in [0.15, 0.2) is 16.7 Å². The van der Waals surface area contributed by atoms with E-state index in [1.807, 2.05) is 0 Å². The van der Waals surface area contributed by atoms with Crippen molar-refractivity contribution >= 4 is 76.5 Å². The first-order valence-corrected chi connectivity index (χ1v) is 12.1. The number of hydrogen-bond acceptors (Lipinski definition) is 7. The largest absolute Gasteiger partial charge is 0.493 e. The van der Waals surface area contributed by atoms with Gasteiger partial charge in [0.25, 0.3) is 5.91 Å². The van der Waals surface area contributed by atoms with E-state index in [-0.39, 0.29) is 10.8 Å². The maximum Gasteiger partial charge on any atom is 0.264 e. The molecule has 0 saturated carbocycles. The lowest BCUT2D eigenvalue weighted by Crippen LogP contribution is -2.19. The molecule has 1 amide bonds. The Kier molecular flexibility index (Phi) is 6.92. The van der Waals surface area contributed by atoms with E-state index in [0.717, 1.165) is 11.8 Å². The molecule has 1 aliphatic heterocycles. The van der Waals surface area contributed by atoms with Crippen LogP contribution in [0.4, 0.5) is 5.69 Å². The first-order chi connectivity index (χ1) is 14.1. The quantitative estimate of drug-likeness (QED) is 0.523. The highest BCUT2D eigenvalue weighted by molar-refractivity contribution is 9.13. The van der Waals surface area contributed by atoms with Crippen molar-refractivity contribution in [2.24, 2.45) is 10.1 Å². The Labute approximate surface area is 194 Å². The Hall–Kier alpha value is -1.86. The van der Waals surface area contributed by atoms with Crippen LogP contribution in [0.5, 0.6) is 11.5 Å². The number of ether oxygens (including phenoxy) is 2. The van der Waals surface area contributed by atoms with Gasteiger partial charge in [0.05, 0.1) is 34.2 Å². The average molecular weight is 577 g/mol. The number of sulfonamides is 1. The van der Waals surface area contributed by atoms with Crippen molar-refractivity contribution < 1.29 is 22.7 Å². The maximum atomic E-state index is 12.4. The number of primary sulfonamides is 1. The fourth-order valence-corrected chi connectivity index (χ4v) is 4.84. The second kappa shape index (κ2) is 9.10. The number of aliphatic imine (C=N–C) groups is 1. The highest BCUT2D eigenvalue weighted by atomic mass is 79.9. The number of carbonyl (C=O) groups excluding carboxylic acids is 1. The molecule has 0 aliphatic carbocycles. The molecule has 0 radical (unpaired) electrons. The number of halogens is 2. The monoisotopic (exact) mass is 575 g/mol. The predicted molar refractivity (Wildman–Crippen MR) is 124 cm³/mol. The topological polar surface area (TPSA) is 120 Å². The van der Waals surface area contributed by atoms with Gasteiger partial charge in [0.2, 0.25) is 10.0 Å². The smallest absolute Gasteiger partial charge is 0.264 e. The number of benzene rings is 2. The van der Waals surface area contributed by atoms with E-state index in [2.05, 4.69) is 42.2 Å². The molecule has 1 fully saturated rings. The summed E-state index contributed by atoms with van der Waals surface area (Å²) in [4.78, 5) is 17.1. The highest BCUT2D eigenvalue weighted by Crippen LogP contribution is 2.43. The third kappa shape index (κ3) is 4.89. The van der Waals surface area contributed by atoms with Gasteiger partial charge in [-0.05, 0) is 85.6 Å². The van der Waals surface area contributed by atoms with Gasteiger partial charge >= 0.3 is 0 Å². The van der Waals surface area contributed by atoms with E-state index < -0.39 is 10.0 Å². The lowest BCUT2D eigenvalue weighted by Gasteiger charge is -2.13. The van der Waals surface area contributed by atoms with E-state index in [9.17, 15) is 13.2 Å². The number of nitrogens with one attached hydrogen (secondary N) is 1. The lowest BCUT2D eigenvalue weighted by atomic mass is 10.2. The molecule has 158 valence electrons. The summed E-state index contributed by atoms with van der Waals surface area (Å²) in [5.41, 5.74) is 1.18. The Morgan fingerprint density at radius 2 is 1.80 bits per heavy atom. The molecule has 30 heavy (non-hydrogen) atoms. The first-order valence-electron chi connectivity index (χ1n) is 8.16. The fraction of sp³-hybridized carbons (Fsp3) is 0.111. The standard InChI is InChI=1S/C18H15Br2N3O5S2/c1-27-12-7-9(14(19)15(20)16(12)28-2)8-13-17(24)23-18(29-13)22-10-3-5-11(6-4-10)30(21,25)26/h3-8H,1-2H3,(H2,21,25,26)(H,22,23,24). The SMILES string of the molecule is COc1cc(C=C2SC(=Nc3ccc(S(N)(=O)=O)cc3)NC2=O)c(Br)c(Br)c1OC. The van der Waals surface area contributed by atoms with Gasteiger partial charge in [-0.3, -0.25) is 4.79 Å². The van der Waals surface area contributed by atoms with Gasteiger partial charge in [-0.1, -0.05) is 0 Å². The van der Waals surface area contributed by atoms with Gasteiger partial charge in [-0.15, -0.1) is 0 Å². The fourth-order valence-electron chi connectivity index (χ4n) is 2.50. The minimum absolute atomic E-state index is 0.0148. The van der Waals surface area contributed by atoms with Crippen LogP contribution in [0, 0.1) is 0 Å². The van der Waals surface area contributed by atoms with Crippen LogP contribution in [-0.4, -0.2) is 33.7 Å². The van der Waals surface area contributed by atoms with Crippen molar-refractivity contribution in [3.8, 4) is 11.5 Å². The zero-order valence-electron chi connectivity index (χ0n) is 15.6. The number of methoxy groups -OCH3 is 2. The summed E-state index contributed by atoms with van der Waals surface area (Å²) in [7, 11) is -0.718. The van der Waals surface area contributed by atoms with Gasteiger partial charge in [0, 0.05) is 4.47 Å². The van der Waals surface area contributed by atoms with Crippen molar-refractivity contribution in [2.75, 3.05) is 14.2 Å². The molecule has 0 unspecified atom stereocenters. The molecule has 2 aromatic carbocycles. The zero-order chi connectivity index (χ0) is 22.1. The number of thioether (sulfide) groups is 1. The predicted octanol–water partition coefficient (Wildman–Crippen LogP) is 3.77. The van der Waals surface area contributed by atoms with E-state index in [1.165, 1.54) is 38.5 Å². The van der Waals surface area contributed by atoms with Gasteiger partial charge in [-0.25, -0.2) is 18.5 Å². The zero-order valence-corrected chi connectivity index (χ0v) is 20.4. The van der Waals surface area contributed by atoms with E-state index in [0.29, 0.717) is 41.8 Å². The number of nitrogens with zero attached hydrogens (tertiary/aromatic N) is 1. The van der Waals surface area contributed by atoms with Crippen molar-refractivity contribution in [1.82, 2.24) is 5.32 Å². The summed E-state index contributed by atoms with van der Waals surface area (Å²) in [6, 6.07) is 7.46. The van der Waals surface area contributed by atoms with Crippen LogP contribution in [-0.2, 0) is 14.8 Å². The molecule has 8 nitrogen and oxygen atoms in total. The van der Waals surface area contributed by atoms with Crippen molar-refractivity contribution in [1.29, 1.82) is 0 Å². The summed E-state index contributed by atoms with van der Waals surface area (Å²) >= 11 is 8.11. The molecule has 0 aromatic heterocycles. The van der Waals surface area contributed by atoms with E-state index in [1.54, 1.807) is 12.1 Å². The number of hydrogen-bond donors (Lipinski definition) is 2. The molecule has 12 heteroatoms. The first kappa shape index (κ1) is 22.8. The second-order valence-corrected chi connectivity index (χ2v) is 10.0. The number of nitrogens with two attached hydrogens (primary N) is 1. The Bertz CT molecular complexity index is 1180. The summed E-state index contributed by atoms with van der Waals surface area (Å²) in [5.74, 6) is 0.727. The molecule has 1 saturated heterocycles. The van der Waals surface area contributed by atoms with Gasteiger partial charge in [-0.2, -0.15) is 0 Å². The summed E-state index contributed by atoms with van der Waals surface area (Å²) in [5, 5.41) is 8.13.